The third-order valence-electron chi connectivity index (χ3n) is 3.34. The number of nitrogens with two attached hydrogens (primary N) is 1. The van der Waals surface area contributed by atoms with Crippen LogP contribution in [0.25, 0.3) is 0 Å². The van der Waals surface area contributed by atoms with Gasteiger partial charge in [0.2, 0.25) is 5.91 Å². The Kier molecular flexibility index (Phi) is 4.95. The maximum Gasteiger partial charge on any atom is 0.223 e. The molecule has 1 saturated carbocycles. The third kappa shape index (κ3) is 5.04. The first-order valence-electron chi connectivity index (χ1n) is 6.56. The van der Waals surface area contributed by atoms with Gasteiger partial charge >= 0.3 is 0 Å². The summed E-state index contributed by atoms with van der Waals surface area (Å²) in [7, 11) is 0. The van der Waals surface area contributed by atoms with Crippen LogP contribution in [0, 0.1) is 11.8 Å². The molecule has 3 atom stereocenters. The van der Waals surface area contributed by atoms with Gasteiger partial charge in [0.15, 0.2) is 0 Å². The van der Waals surface area contributed by atoms with E-state index in [0.29, 0.717) is 18.9 Å². The molecule has 0 aliphatic heterocycles. The molecule has 0 heterocycles. The van der Waals surface area contributed by atoms with Crippen LogP contribution in [-0.2, 0) is 4.79 Å². The van der Waals surface area contributed by atoms with Crippen molar-refractivity contribution in [1.82, 2.24) is 5.32 Å². The highest BCUT2D eigenvalue weighted by atomic mass is 16.3. The number of carbonyl (C=O) groups excluding carboxylic acids is 1. The average Bonchev–Trinajstić information content (AvgIpc) is 2.59. The molecule has 4 heteroatoms. The van der Waals surface area contributed by atoms with E-state index >= 15 is 0 Å². The first-order valence-corrected chi connectivity index (χ1v) is 6.56. The lowest BCUT2D eigenvalue weighted by Gasteiger charge is -2.26. The fourth-order valence-corrected chi connectivity index (χ4v) is 2.63. The van der Waals surface area contributed by atoms with Crippen molar-refractivity contribution < 1.29 is 9.90 Å². The third-order valence-corrected chi connectivity index (χ3v) is 3.34. The van der Waals surface area contributed by atoms with Gasteiger partial charge in [-0.1, -0.05) is 13.8 Å². The fraction of sp³-hybridized carbons (Fsp3) is 0.923. The van der Waals surface area contributed by atoms with Gasteiger partial charge in [-0.2, -0.15) is 0 Å². The number of carbonyl (C=O) groups is 1. The normalized spacial score (nSPS) is 28.1. The molecule has 0 aromatic carbocycles. The molecule has 100 valence electrons. The molecule has 1 fully saturated rings. The van der Waals surface area contributed by atoms with E-state index in [2.05, 4.69) is 19.2 Å². The van der Waals surface area contributed by atoms with Crippen LogP contribution < -0.4 is 11.1 Å². The predicted molar refractivity (Wildman–Crippen MR) is 68.4 cm³/mol. The quantitative estimate of drug-likeness (QED) is 0.674. The first kappa shape index (κ1) is 14.5. The number of aliphatic hydroxyl groups is 1. The van der Waals surface area contributed by atoms with E-state index in [1.165, 1.54) is 0 Å². The molecular formula is C13H26N2O2. The van der Waals surface area contributed by atoms with Crippen LogP contribution in [0.2, 0.25) is 0 Å². The van der Waals surface area contributed by atoms with E-state index in [1.807, 2.05) is 0 Å². The first-order chi connectivity index (χ1) is 7.80. The van der Waals surface area contributed by atoms with Gasteiger partial charge in [0.1, 0.15) is 0 Å². The Balaban J connectivity index is 2.32. The second kappa shape index (κ2) is 5.83. The summed E-state index contributed by atoms with van der Waals surface area (Å²) in [5, 5.41) is 12.9. The summed E-state index contributed by atoms with van der Waals surface area (Å²) in [6.45, 7) is 6.22. The smallest absolute Gasteiger partial charge is 0.223 e. The topological polar surface area (TPSA) is 75.3 Å². The zero-order valence-electron chi connectivity index (χ0n) is 11.2. The van der Waals surface area contributed by atoms with Crippen molar-refractivity contribution in [3.63, 3.8) is 0 Å². The summed E-state index contributed by atoms with van der Waals surface area (Å²) in [6.07, 6.45) is 3.27. The Bertz CT molecular complexity index is 264. The van der Waals surface area contributed by atoms with Gasteiger partial charge in [-0.05, 0) is 38.5 Å². The van der Waals surface area contributed by atoms with Crippen LogP contribution >= 0.6 is 0 Å². The van der Waals surface area contributed by atoms with Gasteiger partial charge in [0.25, 0.3) is 0 Å². The Labute approximate surface area is 104 Å². The van der Waals surface area contributed by atoms with E-state index in [-0.39, 0.29) is 17.9 Å². The van der Waals surface area contributed by atoms with Crippen molar-refractivity contribution in [2.24, 2.45) is 17.6 Å². The highest BCUT2D eigenvalue weighted by Crippen LogP contribution is 2.24. The molecule has 0 saturated heterocycles. The zero-order valence-corrected chi connectivity index (χ0v) is 11.2. The largest absolute Gasteiger partial charge is 0.388 e. The van der Waals surface area contributed by atoms with Gasteiger partial charge < -0.3 is 16.2 Å². The van der Waals surface area contributed by atoms with Crippen LogP contribution in [-0.4, -0.2) is 29.2 Å². The number of hydrogen-bond acceptors (Lipinski definition) is 3. The van der Waals surface area contributed by atoms with Gasteiger partial charge in [-0.25, -0.2) is 0 Å². The molecule has 0 aromatic rings. The Morgan fingerprint density at radius 1 is 1.53 bits per heavy atom. The summed E-state index contributed by atoms with van der Waals surface area (Å²) in [5.74, 6) is 0.503. The molecule has 1 rings (SSSR count). The van der Waals surface area contributed by atoms with Crippen LogP contribution in [0.15, 0.2) is 0 Å². The lowest BCUT2D eigenvalue weighted by molar-refractivity contribution is -0.126. The summed E-state index contributed by atoms with van der Waals surface area (Å²) in [5.41, 5.74) is 4.97. The van der Waals surface area contributed by atoms with E-state index in [9.17, 15) is 9.90 Å². The maximum atomic E-state index is 11.8. The van der Waals surface area contributed by atoms with E-state index in [4.69, 9.17) is 5.73 Å². The van der Waals surface area contributed by atoms with Crippen LogP contribution in [0.5, 0.6) is 0 Å². The minimum atomic E-state index is -0.815. The minimum absolute atomic E-state index is 0.0415. The molecule has 17 heavy (non-hydrogen) atoms. The molecule has 1 aliphatic rings. The van der Waals surface area contributed by atoms with E-state index in [0.717, 1.165) is 19.3 Å². The molecule has 4 nitrogen and oxygen atoms in total. The van der Waals surface area contributed by atoms with E-state index in [1.54, 1.807) is 6.92 Å². The standard InChI is InChI=1S/C13H26N2O2/c1-9(2)7-13(3,17)8-15-12(16)10-4-5-11(14)6-10/h9-11,17H,4-8,14H2,1-3H3,(H,15,16). The highest BCUT2D eigenvalue weighted by molar-refractivity contribution is 5.79. The van der Waals surface area contributed by atoms with Crippen LogP contribution in [0.4, 0.5) is 0 Å². The summed E-state index contributed by atoms with van der Waals surface area (Å²) < 4.78 is 0. The monoisotopic (exact) mass is 242 g/mol. The van der Waals surface area contributed by atoms with Gasteiger partial charge in [-0.15, -0.1) is 0 Å². The van der Waals surface area contributed by atoms with Gasteiger partial charge in [0, 0.05) is 18.5 Å². The minimum Gasteiger partial charge on any atom is -0.388 e. The van der Waals surface area contributed by atoms with Crippen molar-refractivity contribution in [2.45, 2.75) is 58.1 Å². The lowest BCUT2D eigenvalue weighted by atomic mass is 9.94. The Morgan fingerprint density at radius 2 is 2.18 bits per heavy atom. The second-order valence-electron chi connectivity index (χ2n) is 6.08. The Hall–Kier alpha value is -0.610. The summed E-state index contributed by atoms with van der Waals surface area (Å²) >= 11 is 0. The Morgan fingerprint density at radius 3 is 2.65 bits per heavy atom. The van der Waals surface area contributed by atoms with Crippen molar-refractivity contribution in [2.75, 3.05) is 6.54 Å². The lowest BCUT2D eigenvalue weighted by Crippen LogP contribution is -2.43. The maximum absolute atomic E-state index is 11.8. The van der Waals surface area contributed by atoms with Crippen molar-refractivity contribution in [1.29, 1.82) is 0 Å². The van der Waals surface area contributed by atoms with Crippen molar-refractivity contribution >= 4 is 5.91 Å². The molecule has 0 radical (unpaired) electrons. The molecule has 3 unspecified atom stereocenters. The van der Waals surface area contributed by atoms with Crippen LogP contribution in [0.3, 0.4) is 0 Å². The fourth-order valence-electron chi connectivity index (χ4n) is 2.63. The molecular weight excluding hydrogens is 216 g/mol. The summed E-state index contributed by atoms with van der Waals surface area (Å²) in [6, 6.07) is 0.168. The van der Waals surface area contributed by atoms with Crippen molar-refractivity contribution in [3.05, 3.63) is 0 Å². The molecule has 4 N–H and O–H groups in total. The number of rotatable bonds is 5. The van der Waals surface area contributed by atoms with Gasteiger partial charge in [0.05, 0.1) is 5.60 Å². The number of amides is 1. The van der Waals surface area contributed by atoms with Crippen molar-refractivity contribution in [3.8, 4) is 0 Å². The molecule has 0 aromatic heterocycles. The van der Waals surface area contributed by atoms with E-state index < -0.39 is 5.60 Å². The highest BCUT2D eigenvalue weighted by Gasteiger charge is 2.29. The molecule has 1 aliphatic carbocycles. The van der Waals surface area contributed by atoms with Gasteiger partial charge in [-0.3, -0.25) is 4.79 Å². The van der Waals surface area contributed by atoms with Crippen LogP contribution in [0.1, 0.15) is 46.5 Å². The predicted octanol–water partition coefficient (Wildman–Crippen LogP) is 1.03. The second-order valence-corrected chi connectivity index (χ2v) is 6.08. The molecule has 1 amide bonds. The zero-order chi connectivity index (χ0) is 13.1. The number of nitrogens with one attached hydrogen (secondary N) is 1. The average molecular weight is 242 g/mol. The molecule has 0 bridgehead atoms. The number of hydrogen-bond donors (Lipinski definition) is 3. The summed E-state index contributed by atoms with van der Waals surface area (Å²) in [4.78, 5) is 11.8. The molecule has 0 spiro atoms. The SMILES string of the molecule is CC(C)CC(C)(O)CNC(=O)C1CCC(N)C1.